The van der Waals surface area contributed by atoms with Crippen molar-refractivity contribution in [2.75, 3.05) is 0 Å². The van der Waals surface area contributed by atoms with Gasteiger partial charge in [-0.2, -0.15) is 18.3 Å². The number of hydrazone groups is 1. The molecule has 3 aromatic carbocycles. The van der Waals surface area contributed by atoms with E-state index in [2.05, 4.69) is 20.5 Å². The van der Waals surface area contributed by atoms with E-state index in [1.54, 1.807) is 6.07 Å². The van der Waals surface area contributed by atoms with E-state index in [0.29, 0.717) is 11.3 Å². The summed E-state index contributed by atoms with van der Waals surface area (Å²) < 4.78 is 38.1. The minimum atomic E-state index is -4.41. The number of amides is 1. The second-order valence-corrected chi connectivity index (χ2v) is 7.63. The molecule has 5 rings (SSSR count). The minimum absolute atomic E-state index is 0.167. The van der Waals surface area contributed by atoms with Crippen LogP contribution in [-0.4, -0.2) is 22.1 Å². The number of hydrogen-bond donors (Lipinski definition) is 2. The largest absolute Gasteiger partial charge is 0.416 e. The third-order valence-corrected chi connectivity index (χ3v) is 5.39. The van der Waals surface area contributed by atoms with Gasteiger partial charge in [0.05, 0.1) is 23.0 Å². The van der Waals surface area contributed by atoms with Crippen molar-refractivity contribution in [3.05, 3.63) is 102 Å². The fraction of sp³-hybridized carbons (Fsp3) is 0.0385. The number of H-pyrrole nitrogens is 1. The molecular weight excluding hydrogens is 441 g/mol. The van der Waals surface area contributed by atoms with E-state index < -0.39 is 17.6 Å². The summed E-state index contributed by atoms with van der Waals surface area (Å²) in [6.45, 7) is 0. The van der Waals surface area contributed by atoms with Gasteiger partial charge in [-0.15, -0.1) is 0 Å². The van der Waals surface area contributed by atoms with Crippen LogP contribution in [0.25, 0.3) is 33.1 Å². The average Bonchev–Trinajstić information content (AvgIpc) is 3.22. The van der Waals surface area contributed by atoms with E-state index in [1.807, 2.05) is 54.6 Å². The van der Waals surface area contributed by atoms with Crippen molar-refractivity contribution in [2.45, 2.75) is 6.18 Å². The fourth-order valence-electron chi connectivity index (χ4n) is 3.75. The summed E-state index contributed by atoms with van der Waals surface area (Å²) in [7, 11) is 0. The van der Waals surface area contributed by atoms with Gasteiger partial charge in [0.2, 0.25) is 0 Å². The summed E-state index contributed by atoms with van der Waals surface area (Å²) in [5.74, 6) is -0.535. The molecule has 34 heavy (non-hydrogen) atoms. The molecule has 0 aliphatic carbocycles. The Labute approximate surface area is 192 Å². The Hall–Kier alpha value is -4.46. The number of carbonyl (C=O) groups excluding carboxylic acids is 1. The van der Waals surface area contributed by atoms with E-state index in [0.717, 1.165) is 39.5 Å². The fourth-order valence-corrected chi connectivity index (χ4v) is 3.75. The highest BCUT2D eigenvalue weighted by Crippen LogP contribution is 2.32. The highest BCUT2D eigenvalue weighted by molar-refractivity contribution is 6.13. The molecule has 8 heteroatoms. The van der Waals surface area contributed by atoms with Gasteiger partial charge in [0.25, 0.3) is 5.91 Å². The maximum Gasteiger partial charge on any atom is 0.416 e. The summed E-state index contributed by atoms with van der Waals surface area (Å²) in [4.78, 5) is 20.8. The van der Waals surface area contributed by atoms with Gasteiger partial charge < -0.3 is 4.98 Å². The van der Waals surface area contributed by atoms with Gasteiger partial charge in [-0.25, -0.2) is 10.4 Å². The molecule has 168 valence electrons. The lowest BCUT2D eigenvalue weighted by Crippen LogP contribution is -2.19. The zero-order valence-corrected chi connectivity index (χ0v) is 17.6. The standard InChI is InChI=1S/C26H17F3N4O/c27-26(28,29)18-12-10-16(11-13-18)15-30-33-25(34)22-14-20-19-8-4-5-9-21(19)31-24(20)23(32-22)17-6-2-1-3-7-17/h1-15,31H,(H,33,34). The molecular formula is C26H17F3N4O. The van der Waals surface area contributed by atoms with Crippen molar-refractivity contribution >= 4 is 33.9 Å². The number of hydrogen-bond acceptors (Lipinski definition) is 3. The molecule has 0 unspecified atom stereocenters. The number of benzene rings is 3. The van der Waals surface area contributed by atoms with Gasteiger partial charge in [0.1, 0.15) is 5.69 Å². The first-order chi connectivity index (χ1) is 16.4. The third kappa shape index (κ3) is 4.13. The summed E-state index contributed by atoms with van der Waals surface area (Å²) in [6, 6.07) is 23.5. The summed E-state index contributed by atoms with van der Waals surface area (Å²) in [6.07, 6.45) is -3.13. The van der Waals surface area contributed by atoms with E-state index in [9.17, 15) is 18.0 Å². The number of nitrogens with one attached hydrogen (secondary N) is 2. The number of rotatable bonds is 4. The van der Waals surface area contributed by atoms with Crippen LogP contribution in [0.2, 0.25) is 0 Å². The summed E-state index contributed by atoms with van der Waals surface area (Å²) >= 11 is 0. The maximum absolute atomic E-state index is 12.9. The second-order valence-electron chi connectivity index (χ2n) is 7.63. The van der Waals surface area contributed by atoms with Crippen molar-refractivity contribution < 1.29 is 18.0 Å². The summed E-state index contributed by atoms with van der Waals surface area (Å²) in [5, 5.41) is 5.69. The minimum Gasteiger partial charge on any atom is -0.353 e. The predicted molar refractivity (Wildman–Crippen MR) is 126 cm³/mol. The number of para-hydroxylation sites is 1. The Morgan fingerprint density at radius 1 is 0.912 bits per heavy atom. The Balaban J connectivity index is 1.47. The molecule has 1 amide bonds. The molecule has 0 saturated carbocycles. The number of carbonyl (C=O) groups is 1. The Kier molecular flexibility index (Phi) is 5.33. The molecule has 0 atom stereocenters. The normalized spacial score (nSPS) is 12.0. The molecule has 0 radical (unpaired) electrons. The van der Waals surface area contributed by atoms with Gasteiger partial charge in [-0.1, -0.05) is 60.7 Å². The SMILES string of the molecule is O=C(NN=Cc1ccc(C(F)(F)F)cc1)c1cc2c([nH]c3ccccc32)c(-c2ccccc2)n1. The number of fused-ring (bicyclic) bond motifs is 3. The lowest BCUT2D eigenvalue weighted by atomic mass is 10.1. The Morgan fingerprint density at radius 3 is 2.35 bits per heavy atom. The van der Waals surface area contributed by atoms with E-state index in [1.165, 1.54) is 18.3 Å². The van der Waals surface area contributed by atoms with Crippen LogP contribution in [0.15, 0.2) is 90.0 Å². The smallest absolute Gasteiger partial charge is 0.353 e. The van der Waals surface area contributed by atoms with Gasteiger partial charge >= 0.3 is 6.18 Å². The predicted octanol–water partition coefficient (Wildman–Crippen LogP) is 6.17. The second kappa shape index (κ2) is 8.47. The van der Waals surface area contributed by atoms with Gasteiger partial charge in [-0.3, -0.25) is 4.79 Å². The van der Waals surface area contributed by atoms with Crippen molar-refractivity contribution in [3.63, 3.8) is 0 Å². The maximum atomic E-state index is 12.9. The highest BCUT2D eigenvalue weighted by atomic mass is 19.4. The molecule has 0 saturated heterocycles. The van der Waals surface area contributed by atoms with Crippen LogP contribution >= 0.6 is 0 Å². The Morgan fingerprint density at radius 2 is 1.62 bits per heavy atom. The molecule has 5 nitrogen and oxygen atoms in total. The van der Waals surface area contributed by atoms with Gasteiger partial charge in [0.15, 0.2) is 0 Å². The number of aromatic nitrogens is 2. The molecule has 5 aromatic rings. The van der Waals surface area contributed by atoms with Crippen molar-refractivity contribution in [1.82, 2.24) is 15.4 Å². The van der Waals surface area contributed by atoms with Crippen LogP contribution in [0.4, 0.5) is 13.2 Å². The van der Waals surface area contributed by atoms with Crippen molar-refractivity contribution in [1.29, 1.82) is 0 Å². The van der Waals surface area contributed by atoms with E-state index in [-0.39, 0.29) is 5.69 Å². The van der Waals surface area contributed by atoms with E-state index >= 15 is 0 Å². The molecule has 0 fully saturated rings. The molecule has 0 aliphatic heterocycles. The molecule has 0 aliphatic rings. The highest BCUT2D eigenvalue weighted by Gasteiger charge is 2.29. The molecule has 2 aromatic heterocycles. The van der Waals surface area contributed by atoms with Crippen LogP contribution in [0.5, 0.6) is 0 Å². The topological polar surface area (TPSA) is 70.1 Å². The van der Waals surface area contributed by atoms with Crippen LogP contribution < -0.4 is 5.43 Å². The first-order valence-electron chi connectivity index (χ1n) is 10.4. The molecule has 2 N–H and O–H groups in total. The van der Waals surface area contributed by atoms with Crippen LogP contribution in [0.3, 0.4) is 0 Å². The third-order valence-electron chi connectivity index (χ3n) is 5.39. The first-order valence-corrected chi connectivity index (χ1v) is 10.4. The number of aromatic amines is 1. The molecule has 2 heterocycles. The van der Waals surface area contributed by atoms with Crippen molar-refractivity contribution in [3.8, 4) is 11.3 Å². The number of pyridine rings is 1. The van der Waals surface area contributed by atoms with E-state index in [4.69, 9.17) is 0 Å². The van der Waals surface area contributed by atoms with Crippen LogP contribution in [0, 0.1) is 0 Å². The number of nitrogens with zero attached hydrogens (tertiary/aromatic N) is 2. The quantitative estimate of drug-likeness (QED) is 0.250. The first kappa shape index (κ1) is 21.4. The van der Waals surface area contributed by atoms with Gasteiger partial charge in [0, 0.05) is 21.9 Å². The number of halogens is 3. The number of alkyl halides is 3. The van der Waals surface area contributed by atoms with Crippen LogP contribution in [0.1, 0.15) is 21.6 Å². The average molecular weight is 458 g/mol. The summed E-state index contributed by atoms with van der Waals surface area (Å²) in [5.41, 5.74) is 5.46. The van der Waals surface area contributed by atoms with Crippen LogP contribution in [-0.2, 0) is 6.18 Å². The lowest BCUT2D eigenvalue weighted by Gasteiger charge is -2.07. The molecule has 0 spiro atoms. The van der Waals surface area contributed by atoms with Gasteiger partial charge in [-0.05, 0) is 29.8 Å². The molecule has 0 bridgehead atoms. The monoisotopic (exact) mass is 458 g/mol. The zero-order valence-electron chi connectivity index (χ0n) is 17.6. The van der Waals surface area contributed by atoms with Crippen molar-refractivity contribution in [2.24, 2.45) is 5.10 Å². The Bertz CT molecular complexity index is 1520. The lowest BCUT2D eigenvalue weighted by molar-refractivity contribution is -0.137. The zero-order chi connectivity index (χ0) is 23.7.